The maximum atomic E-state index is 12.5. The number of piperidine rings is 1. The second kappa shape index (κ2) is 10.2. The Labute approximate surface area is 159 Å². The minimum absolute atomic E-state index is 0. The number of rotatable bonds is 4. The van der Waals surface area contributed by atoms with Gasteiger partial charge in [-0.3, -0.25) is 4.79 Å². The van der Waals surface area contributed by atoms with E-state index in [9.17, 15) is 4.79 Å². The molecule has 3 fully saturated rings. The van der Waals surface area contributed by atoms with Gasteiger partial charge in [-0.05, 0) is 64.3 Å². The van der Waals surface area contributed by atoms with Crippen molar-refractivity contribution in [2.75, 3.05) is 19.6 Å². The number of nitrogens with zero attached hydrogens (tertiary/aromatic N) is 1. The number of carbonyl (C=O) groups excluding carboxylic acids is 1. The third kappa shape index (κ3) is 5.48. The van der Waals surface area contributed by atoms with Crippen molar-refractivity contribution in [2.24, 2.45) is 11.8 Å². The summed E-state index contributed by atoms with van der Waals surface area (Å²) in [5, 5.41) is 6.82. The van der Waals surface area contributed by atoms with Crippen LogP contribution in [0.15, 0.2) is 0 Å². The molecule has 1 aliphatic carbocycles. The highest BCUT2D eigenvalue weighted by molar-refractivity contribution is 5.85. The van der Waals surface area contributed by atoms with E-state index in [1.54, 1.807) is 0 Å². The van der Waals surface area contributed by atoms with Gasteiger partial charge in [0.05, 0.1) is 6.04 Å². The molecule has 2 N–H and O–H groups in total. The van der Waals surface area contributed by atoms with Crippen LogP contribution in [0.3, 0.4) is 0 Å². The average molecular weight is 380 g/mol. The molecule has 2 aliphatic heterocycles. The number of halogens is 2. The zero-order chi connectivity index (χ0) is 15.5. The maximum Gasteiger partial charge on any atom is 0.237 e. The predicted molar refractivity (Wildman–Crippen MR) is 104 cm³/mol. The van der Waals surface area contributed by atoms with E-state index in [0.29, 0.717) is 18.0 Å². The third-order valence-corrected chi connectivity index (χ3v) is 6.02. The van der Waals surface area contributed by atoms with Crippen molar-refractivity contribution in [3.8, 4) is 0 Å². The Kier molecular flexibility index (Phi) is 9.35. The summed E-state index contributed by atoms with van der Waals surface area (Å²) in [4.78, 5) is 15.0. The molecule has 1 saturated carbocycles. The smallest absolute Gasteiger partial charge is 0.237 e. The van der Waals surface area contributed by atoms with Crippen LogP contribution in [0.1, 0.15) is 58.8 Å². The lowest BCUT2D eigenvalue weighted by Crippen LogP contribution is -2.47. The lowest BCUT2D eigenvalue weighted by Gasteiger charge is -2.35. The summed E-state index contributed by atoms with van der Waals surface area (Å²) < 4.78 is 0. The Morgan fingerprint density at radius 1 is 1.17 bits per heavy atom. The molecule has 142 valence electrons. The van der Waals surface area contributed by atoms with E-state index < -0.39 is 0 Å². The summed E-state index contributed by atoms with van der Waals surface area (Å²) in [6.45, 7) is 7.75. The highest BCUT2D eigenvalue weighted by Crippen LogP contribution is 2.33. The SMILES string of the molecule is CC(C)N1CCCC(CNC(=O)C2CC3CCCCC3N2)C1.Cl.Cl. The quantitative estimate of drug-likeness (QED) is 0.788. The van der Waals surface area contributed by atoms with Crippen molar-refractivity contribution in [3.05, 3.63) is 0 Å². The molecule has 0 aromatic rings. The minimum Gasteiger partial charge on any atom is -0.354 e. The molecular formula is C18H35Cl2N3O. The molecule has 0 bridgehead atoms. The van der Waals surface area contributed by atoms with E-state index >= 15 is 0 Å². The molecule has 2 heterocycles. The van der Waals surface area contributed by atoms with E-state index in [-0.39, 0.29) is 36.8 Å². The topological polar surface area (TPSA) is 44.4 Å². The number of carbonyl (C=O) groups is 1. The van der Waals surface area contributed by atoms with Gasteiger partial charge in [-0.1, -0.05) is 12.8 Å². The van der Waals surface area contributed by atoms with Crippen molar-refractivity contribution in [2.45, 2.75) is 76.9 Å². The average Bonchev–Trinajstić information content (AvgIpc) is 2.97. The first kappa shape index (κ1) is 22.0. The number of amides is 1. The molecule has 0 aromatic heterocycles. The molecule has 0 spiro atoms. The Morgan fingerprint density at radius 3 is 2.62 bits per heavy atom. The van der Waals surface area contributed by atoms with Crippen molar-refractivity contribution >= 4 is 30.7 Å². The largest absolute Gasteiger partial charge is 0.354 e. The lowest BCUT2D eigenvalue weighted by atomic mass is 9.85. The fourth-order valence-corrected chi connectivity index (χ4v) is 4.62. The van der Waals surface area contributed by atoms with Gasteiger partial charge in [0, 0.05) is 25.2 Å². The third-order valence-electron chi connectivity index (χ3n) is 6.02. The normalized spacial score (nSPS) is 33.3. The number of nitrogens with one attached hydrogen (secondary N) is 2. The van der Waals surface area contributed by atoms with Gasteiger partial charge < -0.3 is 15.5 Å². The van der Waals surface area contributed by atoms with E-state index in [2.05, 4.69) is 29.4 Å². The van der Waals surface area contributed by atoms with Gasteiger partial charge in [0.1, 0.15) is 0 Å². The lowest BCUT2D eigenvalue weighted by molar-refractivity contribution is -0.123. The van der Waals surface area contributed by atoms with Crippen LogP contribution in [-0.4, -0.2) is 48.6 Å². The van der Waals surface area contributed by atoms with E-state index in [1.165, 1.54) is 45.1 Å². The van der Waals surface area contributed by atoms with Gasteiger partial charge in [-0.15, -0.1) is 24.8 Å². The molecule has 24 heavy (non-hydrogen) atoms. The summed E-state index contributed by atoms with van der Waals surface area (Å²) in [5.74, 6) is 1.62. The van der Waals surface area contributed by atoms with Crippen LogP contribution in [-0.2, 0) is 4.79 Å². The van der Waals surface area contributed by atoms with E-state index in [4.69, 9.17) is 0 Å². The van der Waals surface area contributed by atoms with E-state index in [0.717, 1.165) is 25.4 Å². The Morgan fingerprint density at radius 2 is 1.92 bits per heavy atom. The standard InChI is InChI=1S/C18H33N3O.2ClH/c1-13(2)21-9-5-6-14(12-21)11-19-18(22)17-10-15-7-3-4-8-16(15)20-17;;/h13-17,20H,3-12H2,1-2H3,(H,19,22);2*1H. The van der Waals surface area contributed by atoms with Crippen molar-refractivity contribution in [1.29, 1.82) is 0 Å². The number of hydrogen-bond donors (Lipinski definition) is 2. The maximum absolute atomic E-state index is 12.5. The Bertz CT molecular complexity index is 380. The van der Waals surface area contributed by atoms with Crippen molar-refractivity contribution in [1.82, 2.24) is 15.5 Å². The minimum atomic E-state index is 0. The molecule has 4 unspecified atom stereocenters. The van der Waals surface area contributed by atoms with Crippen molar-refractivity contribution < 1.29 is 4.79 Å². The van der Waals surface area contributed by atoms with Crippen LogP contribution in [0.5, 0.6) is 0 Å². The second-order valence-electron chi connectivity index (χ2n) is 7.95. The molecule has 1 amide bonds. The van der Waals surface area contributed by atoms with Gasteiger partial charge >= 0.3 is 0 Å². The summed E-state index contributed by atoms with van der Waals surface area (Å²) in [6, 6.07) is 1.30. The van der Waals surface area contributed by atoms with Crippen LogP contribution >= 0.6 is 24.8 Å². The van der Waals surface area contributed by atoms with Crippen LogP contribution in [0, 0.1) is 11.8 Å². The van der Waals surface area contributed by atoms with Crippen LogP contribution in [0.25, 0.3) is 0 Å². The molecular weight excluding hydrogens is 345 g/mol. The number of likely N-dealkylation sites (tertiary alicyclic amines) is 1. The van der Waals surface area contributed by atoms with Crippen molar-refractivity contribution in [3.63, 3.8) is 0 Å². The first-order valence-corrected chi connectivity index (χ1v) is 9.41. The van der Waals surface area contributed by atoms with Gasteiger partial charge in [0.15, 0.2) is 0 Å². The molecule has 6 heteroatoms. The van der Waals surface area contributed by atoms with Gasteiger partial charge in [-0.2, -0.15) is 0 Å². The fourth-order valence-electron chi connectivity index (χ4n) is 4.62. The Balaban J connectivity index is 0.00000144. The zero-order valence-corrected chi connectivity index (χ0v) is 16.8. The summed E-state index contributed by atoms with van der Waals surface area (Å²) in [7, 11) is 0. The highest BCUT2D eigenvalue weighted by Gasteiger charge is 2.38. The first-order valence-electron chi connectivity index (χ1n) is 9.41. The Hall–Kier alpha value is -0.0300. The second-order valence-corrected chi connectivity index (χ2v) is 7.95. The predicted octanol–water partition coefficient (Wildman–Crippen LogP) is 2.99. The summed E-state index contributed by atoms with van der Waals surface area (Å²) in [5.41, 5.74) is 0. The van der Waals surface area contributed by atoms with Gasteiger partial charge in [0.25, 0.3) is 0 Å². The van der Waals surface area contributed by atoms with E-state index in [1.807, 2.05) is 0 Å². The molecule has 4 atom stereocenters. The van der Waals surface area contributed by atoms with Crippen LogP contribution < -0.4 is 10.6 Å². The summed E-state index contributed by atoms with van der Waals surface area (Å²) >= 11 is 0. The fraction of sp³-hybridized carbons (Fsp3) is 0.944. The van der Waals surface area contributed by atoms with Gasteiger partial charge in [-0.25, -0.2) is 0 Å². The van der Waals surface area contributed by atoms with Crippen LogP contribution in [0.4, 0.5) is 0 Å². The molecule has 2 saturated heterocycles. The molecule has 0 radical (unpaired) electrons. The number of fused-ring (bicyclic) bond motifs is 1. The number of hydrogen-bond acceptors (Lipinski definition) is 3. The monoisotopic (exact) mass is 379 g/mol. The van der Waals surface area contributed by atoms with Gasteiger partial charge in [0.2, 0.25) is 5.91 Å². The zero-order valence-electron chi connectivity index (χ0n) is 15.1. The highest BCUT2D eigenvalue weighted by atomic mass is 35.5. The summed E-state index contributed by atoms with van der Waals surface area (Å²) in [6.07, 6.45) is 8.84. The van der Waals surface area contributed by atoms with Crippen LogP contribution in [0.2, 0.25) is 0 Å². The molecule has 0 aromatic carbocycles. The molecule has 4 nitrogen and oxygen atoms in total. The molecule has 3 rings (SSSR count). The first-order chi connectivity index (χ1) is 10.6. The molecule has 3 aliphatic rings.